The summed E-state index contributed by atoms with van der Waals surface area (Å²) in [5.41, 5.74) is -4.02. The zero-order valence-electron chi connectivity index (χ0n) is 15.1. The van der Waals surface area contributed by atoms with Crippen molar-refractivity contribution < 1.29 is 71.3 Å². The SMILES string of the molecule is O=C(OP(=O)(O)OP(=O)(O)OP(=O)(O)O)c1cn([C@@H]2O[C@H](CO)[C@@H](O)[C@H]2O)c(=O)[nH]c1=O. The van der Waals surface area contributed by atoms with Gasteiger partial charge in [-0.3, -0.25) is 19.2 Å². The summed E-state index contributed by atoms with van der Waals surface area (Å²) in [6, 6.07) is 0. The molecule has 1 aromatic rings. The number of ether oxygens (including phenoxy) is 1. The number of H-pyrrole nitrogens is 1. The number of nitrogens with one attached hydrogen (secondary N) is 1. The number of phosphoric acid groups is 3. The van der Waals surface area contributed by atoms with Gasteiger partial charge in [0.1, 0.15) is 23.9 Å². The van der Waals surface area contributed by atoms with Gasteiger partial charge in [0.05, 0.1) is 6.61 Å². The van der Waals surface area contributed by atoms with Crippen LogP contribution in [0.2, 0.25) is 0 Å². The van der Waals surface area contributed by atoms with Crippen LogP contribution in [0, 0.1) is 0 Å². The Balaban J connectivity index is 2.31. The predicted molar refractivity (Wildman–Crippen MR) is 93.6 cm³/mol. The van der Waals surface area contributed by atoms with Crippen molar-refractivity contribution in [3.63, 3.8) is 0 Å². The van der Waals surface area contributed by atoms with Crippen molar-refractivity contribution in [3.05, 3.63) is 32.6 Å². The van der Waals surface area contributed by atoms with Crippen LogP contribution in [0.4, 0.5) is 0 Å². The number of aliphatic hydroxyl groups excluding tert-OH is 3. The van der Waals surface area contributed by atoms with Crippen LogP contribution in [0.1, 0.15) is 16.6 Å². The molecule has 19 nitrogen and oxygen atoms in total. The molecule has 182 valence electrons. The molecule has 1 aliphatic rings. The number of carbonyl (C=O) groups excluding carboxylic acids is 1. The van der Waals surface area contributed by atoms with Crippen LogP contribution in [-0.4, -0.2) is 75.3 Å². The van der Waals surface area contributed by atoms with Crippen LogP contribution in [0.25, 0.3) is 0 Å². The lowest BCUT2D eigenvalue weighted by Gasteiger charge is -2.18. The molecule has 0 amide bonds. The van der Waals surface area contributed by atoms with E-state index in [1.807, 2.05) is 0 Å². The quantitative estimate of drug-likeness (QED) is 0.153. The maximum absolute atomic E-state index is 12.1. The van der Waals surface area contributed by atoms with Crippen molar-refractivity contribution in [2.45, 2.75) is 24.5 Å². The fourth-order valence-corrected chi connectivity index (χ4v) is 5.33. The van der Waals surface area contributed by atoms with Gasteiger partial charge in [-0.15, -0.1) is 0 Å². The molecule has 32 heavy (non-hydrogen) atoms. The van der Waals surface area contributed by atoms with Crippen molar-refractivity contribution in [2.75, 3.05) is 6.61 Å². The zero-order valence-corrected chi connectivity index (χ0v) is 17.8. The number of aromatic nitrogens is 2. The van der Waals surface area contributed by atoms with Crippen molar-refractivity contribution in [1.82, 2.24) is 9.55 Å². The second kappa shape index (κ2) is 9.36. The first-order valence-corrected chi connectivity index (χ1v) is 12.3. The van der Waals surface area contributed by atoms with Gasteiger partial charge >= 0.3 is 35.1 Å². The van der Waals surface area contributed by atoms with Crippen LogP contribution >= 0.6 is 23.5 Å². The molecule has 6 atom stereocenters. The van der Waals surface area contributed by atoms with E-state index in [9.17, 15) is 43.2 Å². The largest absolute Gasteiger partial charge is 0.538 e. The molecular weight excluding hydrogens is 513 g/mol. The first-order valence-electron chi connectivity index (χ1n) is 7.82. The highest BCUT2D eigenvalue weighted by Gasteiger charge is 2.45. The van der Waals surface area contributed by atoms with Crippen LogP contribution in [0.5, 0.6) is 0 Å². The van der Waals surface area contributed by atoms with E-state index in [0.717, 1.165) is 0 Å². The third-order valence-corrected chi connectivity index (χ3v) is 7.32. The summed E-state index contributed by atoms with van der Waals surface area (Å²) in [5.74, 6) is -2.05. The number of hydrogen-bond donors (Lipinski definition) is 8. The molecule has 0 aliphatic carbocycles. The van der Waals surface area contributed by atoms with Crippen molar-refractivity contribution >= 4 is 29.4 Å². The fourth-order valence-electron chi connectivity index (χ4n) is 2.38. The van der Waals surface area contributed by atoms with Gasteiger partial charge in [-0.2, -0.15) is 8.62 Å². The van der Waals surface area contributed by atoms with E-state index in [-0.39, 0.29) is 0 Å². The zero-order chi connectivity index (χ0) is 24.6. The van der Waals surface area contributed by atoms with E-state index >= 15 is 0 Å². The summed E-state index contributed by atoms with van der Waals surface area (Å²) < 4.78 is 49.6. The van der Waals surface area contributed by atoms with Crippen molar-refractivity contribution in [2.24, 2.45) is 0 Å². The lowest BCUT2D eigenvalue weighted by Crippen LogP contribution is -2.39. The van der Waals surface area contributed by atoms with Gasteiger partial charge in [0.2, 0.25) is 0 Å². The molecule has 22 heteroatoms. The average Bonchev–Trinajstić information content (AvgIpc) is 2.86. The molecule has 0 bridgehead atoms. The molecule has 2 unspecified atom stereocenters. The molecule has 0 spiro atoms. The lowest BCUT2D eigenvalue weighted by molar-refractivity contribution is -0.0551. The van der Waals surface area contributed by atoms with Crippen LogP contribution in [0.15, 0.2) is 15.8 Å². The Labute approximate surface area is 174 Å². The smallest absolute Gasteiger partial charge is 0.394 e. The maximum atomic E-state index is 12.1. The Hall–Kier alpha value is -1.56. The number of aliphatic hydroxyl groups is 3. The highest BCUT2D eigenvalue weighted by atomic mass is 31.3. The van der Waals surface area contributed by atoms with E-state index in [2.05, 4.69) is 13.1 Å². The minimum absolute atomic E-state index is 0.360. The molecule has 1 aliphatic heterocycles. The first-order chi connectivity index (χ1) is 14.5. The Bertz CT molecular complexity index is 1140. The number of nitrogens with zero attached hydrogens (tertiary/aromatic N) is 1. The van der Waals surface area contributed by atoms with Gasteiger partial charge in [-0.05, 0) is 0 Å². The number of phosphoric ester groups is 1. The maximum Gasteiger partial charge on any atom is 0.538 e. The standard InChI is InChI=1S/C10H15N2O17P3/c13-2-4-5(14)6(15)8(26-4)12-1-3(7(16)11-10(12)18)9(17)27-31(22,23)29-32(24,25)28-30(19,20)21/h1,4-6,8,13-15H,2H2,(H,22,23)(H,24,25)(H,11,16,18)(H2,19,20,21)/t4-,5-,6-,8-/m1/s1. The Morgan fingerprint density at radius 3 is 2.16 bits per heavy atom. The van der Waals surface area contributed by atoms with Crippen molar-refractivity contribution in [1.29, 1.82) is 0 Å². The molecule has 0 aromatic carbocycles. The van der Waals surface area contributed by atoms with Crippen molar-refractivity contribution in [3.8, 4) is 0 Å². The van der Waals surface area contributed by atoms with Gasteiger partial charge in [-0.25, -0.2) is 23.3 Å². The predicted octanol–water partition coefficient (Wildman–Crippen LogP) is -3.37. The summed E-state index contributed by atoms with van der Waals surface area (Å²) in [6.45, 7) is -0.787. The van der Waals surface area contributed by atoms with E-state index < -0.39 is 77.4 Å². The molecule has 1 fully saturated rings. The molecule has 1 saturated heterocycles. The minimum atomic E-state index is -5.96. The summed E-state index contributed by atoms with van der Waals surface area (Å²) in [4.78, 5) is 72.8. The van der Waals surface area contributed by atoms with Gasteiger partial charge in [0.15, 0.2) is 6.23 Å². The summed E-state index contributed by atoms with van der Waals surface area (Å²) in [6.07, 6.45) is -6.25. The molecule has 8 N–H and O–H groups in total. The van der Waals surface area contributed by atoms with E-state index in [4.69, 9.17) is 24.5 Å². The van der Waals surface area contributed by atoms with E-state index in [1.165, 1.54) is 0 Å². The van der Waals surface area contributed by atoms with Crippen LogP contribution < -0.4 is 11.2 Å². The second-order valence-electron chi connectivity index (χ2n) is 5.91. The van der Waals surface area contributed by atoms with Crippen LogP contribution in [-0.2, 0) is 31.6 Å². The minimum Gasteiger partial charge on any atom is -0.394 e. The summed E-state index contributed by atoms with van der Waals surface area (Å²) >= 11 is 0. The number of rotatable bonds is 8. The van der Waals surface area contributed by atoms with Gasteiger partial charge in [0.25, 0.3) is 5.56 Å². The molecule has 2 heterocycles. The number of aromatic amines is 1. The topological polar surface area (TPSA) is 302 Å². The fraction of sp³-hybridized carbons (Fsp3) is 0.500. The summed E-state index contributed by atoms with van der Waals surface area (Å²) in [5, 5.41) is 28.8. The highest BCUT2D eigenvalue weighted by molar-refractivity contribution is 7.66. The van der Waals surface area contributed by atoms with Gasteiger partial charge < -0.3 is 39.3 Å². The summed E-state index contributed by atoms with van der Waals surface area (Å²) in [7, 11) is -17.6. The molecule has 0 radical (unpaired) electrons. The van der Waals surface area contributed by atoms with E-state index in [1.54, 1.807) is 4.98 Å². The monoisotopic (exact) mass is 528 g/mol. The molecule has 2 rings (SSSR count). The Morgan fingerprint density at radius 1 is 1.06 bits per heavy atom. The lowest BCUT2D eigenvalue weighted by atomic mass is 10.1. The van der Waals surface area contributed by atoms with Crippen LogP contribution in [0.3, 0.4) is 0 Å². The second-order valence-corrected chi connectivity index (χ2v) is 10.3. The Morgan fingerprint density at radius 2 is 1.66 bits per heavy atom. The van der Waals surface area contributed by atoms with Gasteiger partial charge in [0, 0.05) is 6.20 Å². The molecule has 0 saturated carbocycles. The average molecular weight is 528 g/mol. The Kier molecular flexibility index (Phi) is 7.81. The number of hydrogen-bond acceptors (Lipinski definition) is 13. The first kappa shape index (κ1) is 26.7. The molecule has 1 aromatic heterocycles. The normalized spacial score (nSPS) is 27.5. The third kappa shape index (κ3) is 6.49. The van der Waals surface area contributed by atoms with Gasteiger partial charge in [-0.1, -0.05) is 0 Å². The highest BCUT2D eigenvalue weighted by Crippen LogP contribution is 2.66. The number of carbonyl (C=O) groups is 1. The molecular formula is C10H15N2O17P3. The third-order valence-electron chi connectivity index (χ3n) is 3.59. The van der Waals surface area contributed by atoms with E-state index in [0.29, 0.717) is 10.8 Å².